The van der Waals surface area contributed by atoms with Gasteiger partial charge in [-0.2, -0.15) is 0 Å². The summed E-state index contributed by atoms with van der Waals surface area (Å²) < 4.78 is 6.17. The van der Waals surface area contributed by atoms with Crippen molar-refractivity contribution in [2.45, 2.75) is 32.8 Å². The molecule has 2 aromatic carbocycles. The minimum absolute atomic E-state index is 0.545. The lowest BCUT2D eigenvalue weighted by Crippen LogP contribution is -2.01. The number of H-pyrrole nitrogens is 1. The number of rotatable bonds is 5. The number of ether oxygens (including phenoxy) is 1. The molecule has 0 saturated heterocycles. The highest BCUT2D eigenvalue weighted by molar-refractivity contribution is 5.80. The monoisotopic (exact) mass is 383 g/mol. The number of hydrogen-bond acceptors (Lipinski definition) is 5. The molecule has 0 unspecified atom stereocenters. The largest absolute Gasteiger partial charge is 0.488 e. The van der Waals surface area contributed by atoms with Gasteiger partial charge in [0.25, 0.3) is 0 Å². The molecular formula is C23H21N5O. The van der Waals surface area contributed by atoms with Crippen molar-refractivity contribution >= 4 is 0 Å². The van der Waals surface area contributed by atoms with Gasteiger partial charge < -0.3 is 4.74 Å². The highest BCUT2D eigenvalue weighted by Crippen LogP contribution is 2.32. The molecule has 0 saturated carbocycles. The van der Waals surface area contributed by atoms with Crippen molar-refractivity contribution in [2.75, 3.05) is 0 Å². The Morgan fingerprint density at radius 2 is 1.83 bits per heavy atom. The van der Waals surface area contributed by atoms with Crippen LogP contribution in [0.5, 0.6) is 5.75 Å². The summed E-state index contributed by atoms with van der Waals surface area (Å²) in [5, 5.41) is 14.3. The summed E-state index contributed by atoms with van der Waals surface area (Å²) in [4.78, 5) is 4.65. The molecule has 1 aliphatic rings. The lowest BCUT2D eigenvalue weighted by atomic mass is 9.98. The number of nitrogens with one attached hydrogen (secondary N) is 1. The maximum absolute atomic E-state index is 6.17. The average molecular weight is 383 g/mol. The van der Waals surface area contributed by atoms with E-state index in [1.165, 1.54) is 11.3 Å². The Balaban J connectivity index is 1.36. The molecule has 144 valence electrons. The van der Waals surface area contributed by atoms with Crippen molar-refractivity contribution < 1.29 is 4.74 Å². The van der Waals surface area contributed by atoms with Crippen LogP contribution in [-0.4, -0.2) is 25.6 Å². The predicted octanol–water partition coefficient (Wildman–Crippen LogP) is 4.30. The van der Waals surface area contributed by atoms with Gasteiger partial charge in [-0.15, -0.1) is 5.10 Å². The number of aromatic nitrogens is 5. The van der Waals surface area contributed by atoms with E-state index in [0.717, 1.165) is 53.0 Å². The Hall–Kier alpha value is -3.54. The Bertz CT molecular complexity index is 1140. The van der Waals surface area contributed by atoms with Crippen LogP contribution in [0.4, 0.5) is 0 Å². The van der Waals surface area contributed by atoms with Crippen LogP contribution in [0, 0.1) is 6.92 Å². The van der Waals surface area contributed by atoms with E-state index in [9.17, 15) is 0 Å². The Morgan fingerprint density at radius 3 is 2.62 bits per heavy atom. The first kappa shape index (κ1) is 17.6. The van der Waals surface area contributed by atoms with E-state index in [-0.39, 0.29) is 0 Å². The maximum atomic E-state index is 6.17. The number of fused-ring (bicyclic) bond motifs is 1. The number of benzene rings is 2. The number of nitrogens with zero attached hydrogens (tertiary/aromatic N) is 4. The Morgan fingerprint density at radius 1 is 1.00 bits per heavy atom. The van der Waals surface area contributed by atoms with Crippen molar-refractivity contribution in [1.82, 2.24) is 25.6 Å². The Labute approximate surface area is 169 Å². The third-order valence-electron chi connectivity index (χ3n) is 5.32. The van der Waals surface area contributed by atoms with Gasteiger partial charge in [0.2, 0.25) is 0 Å². The molecule has 4 aromatic rings. The number of aromatic amines is 1. The van der Waals surface area contributed by atoms with Crippen molar-refractivity contribution in [3.8, 4) is 28.3 Å². The smallest absolute Gasteiger partial charge is 0.180 e. The molecule has 2 aromatic heterocycles. The lowest BCUT2D eigenvalue weighted by molar-refractivity contribution is 0.302. The van der Waals surface area contributed by atoms with Gasteiger partial charge in [0, 0.05) is 28.6 Å². The molecule has 1 aliphatic carbocycles. The van der Waals surface area contributed by atoms with E-state index in [0.29, 0.717) is 12.4 Å². The van der Waals surface area contributed by atoms with Crippen LogP contribution in [0.1, 0.15) is 28.9 Å². The molecular weight excluding hydrogens is 362 g/mol. The molecule has 2 heterocycles. The highest BCUT2D eigenvalue weighted by Gasteiger charge is 2.18. The Kier molecular flexibility index (Phi) is 4.52. The molecule has 0 aliphatic heterocycles. The summed E-state index contributed by atoms with van der Waals surface area (Å²) in [6, 6.07) is 18.6. The summed E-state index contributed by atoms with van der Waals surface area (Å²) in [5.74, 6) is 1.65. The summed E-state index contributed by atoms with van der Waals surface area (Å²) in [5.41, 5.74) is 7.81. The zero-order valence-corrected chi connectivity index (χ0v) is 16.2. The van der Waals surface area contributed by atoms with Crippen LogP contribution in [0.25, 0.3) is 22.5 Å². The molecule has 5 rings (SSSR count). The molecule has 0 atom stereocenters. The third-order valence-corrected chi connectivity index (χ3v) is 5.32. The SMILES string of the molecule is Cc1cc(OCc2ccc(-c3ccccc3-c3nnn[nH]3)cc2)c2c(n1)CCC2. The second kappa shape index (κ2) is 7.47. The topological polar surface area (TPSA) is 76.6 Å². The fourth-order valence-corrected chi connectivity index (χ4v) is 3.92. The van der Waals surface area contributed by atoms with Gasteiger partial charge >= 0.3 is 0 Å². The second-order valence-corrected chi connectivity index (χ2v) is 7.32. The summed E-state index contributed by atoms with van der Waals surface area (Å²) in [6.45, 7) is 2.58. The van der Waals surface area contributed by atoms with Crippen LogP contribution in [0.3, 0.4) is 0 Å². The normalized spacial score (nSPS) is 12.7. The molecule has 29 heavy (non-hydrogen) atoms. The summed E-state index contributed by atoms with van der Waals surface area (Å²) >= 11 is 0. The first-order valence-electron chi connectivity index (χ1n) is 9.82. The van der Waals surface area contributed by atoms with Crippen molar-refractivity contribution in [1.29, 1.82) is 0 Å². The van der Waals surface area contributed by atoms with Gasteiger partial charge in [0.1, 0.15) is 12.4 Å². The standard InChI is InChI=1S/C23H21N5O/c1-15-13-22(20-7-4-8-21(20)24-15)29-14-16-9-11-17(12-10-16)18-5-2-3-6-19(18)23-25-27-28-26-23/h2-3,5-6,9-13H,4,7-8,14H2,1H3,(H,25,26,27,28). The molecule has 0 spiro atoms. The van der Waals surface area contributed by atoms with E-state index in [1.807, 2.05) is 25.1 Å². The number of aryl methyl sites for hydroxylation is 2. The number of tetrazole rings is 1. The fourth-order valence-electron chi connectivity index (χ4n) is 3.92. The van der Waals surface area contributed by atoms with Crippen LogP contribution in [0.2, 0.25) is 0 Å². The molecule has 6 nitrogen and oxygen atoms in total. The fraction of sp³-hybridized carbons (Fsp3) is 0.217. The molecule has 1 N–H and O–H groups in total. The minimum atomic E-state index is 0.545. The van der Waals surface area contributed by atoms with Gasteiger partial charge in [-0.3, -0.25) is 4.98 Å². The van der Waals surface area contributed by atoms with Crippen molar-refractivity contribution in [2.24, 2.45) is 0 Å². The van der Waals surface area contributed by atoms with Crippen LogP contribution >= 0.6 is 0 Å². The van der Waals surface area contributed by atoms with Gasteiger partial charge in [0.15, 0.2) is 5.82 Å². The highest BCUT2D eigenvalue weighted by atomic mass is 16.5. The maximum Gasteiger partial charge on any atom is 0.180 e. The lowest BCUT2D eigenvalue weighted by Gasteiger charge is -2.12. The molecule has 0 fully saturated rings. The van der Waals surface area contributed by atoms with E-state index in [4.69, 9.17) is 4.74 Å². The van der Waals surface area contributed by atoms with Gasteiger partial charge in [-0.1, -0.05) is 48.5 Å². The predicted molar refractivity (Wildman–Crippen MR) is 110 cm³/mol. The molecule has 0 bridgehead atoms. The summed E-state index contributed by atoms with van der Waals surface area (Å²) in [6.07, 6.45) is 3.28. The first-order chi connectivity index (χ1) is 14.3. The molecule has 6 heteroatoms. The third kappa shape index (κ3) is 3.49. The van der Waals surface area contributed by atoms with E-state index in [2.05, 4.69) is 62.0 Å². The average Bonchev–Trinajstić information content (AvgIpc) is 3.44. The van der Waals surface area contributed by atoms with E-state index < -0.39 is 0 Å². The van der Waals surface area contributed by atoms with E-state index >= 15 is 0 Å². The first-order valence-corrected chi connectivity index (χ1v) is 9.82. The van der Waals surface area contributed by atoms with Crippen LogP contribution in [0.15, 0.2) is 54.6 Å². The number of hydrogen-bond donors (Lipinski definition) is 1. The van der Waals surface area contributed by atoms with Crippen LogP contribution in [-0.2, 0) is 19.4 Å². The second-order valence-electron chi connectivity index (χ2n) is 7.32. The minimum Gasteiger partial charge on any atom is -0.488 e. The summed E-state index contributed by atoms with van der Waals surface area (Å²) in [7, 11) is 0. The number of pyridine rings is 1. The van der Waals surface area contributed by atoms with Crippen molar-refractivity contribution in [3.63, 3.8) is 0 Å². The molecule has 0 radical (unpaired) electrons. The van der Waals surface area contributed by atoms with Crippen molar-refractivity contribution in [3.05, 3.63) is 77.1 Å². The zero-order valence-electron chi connectivity index (χ0n) is 16.2. The molecule has 0 amide bonds. The van der Waals surface area contributed by atoms with Crippen LogP contribution < -0.4 is 4.74 Å². The zero-order chi connectivity index (χ0) is 19.6. The quantitative estimate of drug-likeness (QED) is 0.556. The van der Waals surface area contributed by atoms with Gasteiger partial charge in [-0.05, 0) is 53.3 Å². The van der Waals surface area contributed by atoms with Gasteiger partial charge in [-0.25, -0.2) is 5.10 Å². The van der Waals surface area contributed by atoms with Gasteiger partial charge in [0.05, 0.1) is 0 Å². The van der Waals surface area contributed by atoms with E-state index in [1.54, 1.807) is 0 Å².